The molecule has 0 aliphatic heterocycles. The molecule has 2 N–H and O–H groups in total. The number of hydrogen-bond donors (Lipinski definition) is 2. The van der Waals surface area contributed by atoms with Gasteiger partial charge in [-0.2, -0.15) is 0 Å². The lowest BCUT2D eigenvalue weighted by Crippen LogP contribution is -2.31. The summed E-state index contributed by atoms with van der Waals surface area (Å²) in [7, 11) is -0.917. The first kappa shape index (κ1) is 14.4. The maximum Gasteiger partial charge on any atom is 0.319 e. The number of amides is 2. The van der Waals surface area contributed by atoms with Crippen molar-refractivity contribution in [2.45, 2.75) is 6.92 Å². The Balaban J connectivity index is 2.44. The molecule has 0 saturated heterocycles. The summed E-state index contributed by atoms with van der Waals surface area (Å²) in [6.07, 6.45) is 1.58. The zero-order valence-electron chi connectivity index (χ0n) is 10.4. The maximum atomic E-state index is 11.4. The van der Waals surface area contributed by atoms with Gasteiger partial charge in [0.2, 0.25) is 0 Å². The number of ketones is 1. The Kier molecular flexibility index (Phi) is 5.51. The third-order valence-corrected chi connectivity index (χ3v) is 3.00. The van der Waals surface area contributed by atoms with Gasteiger partial charge in [-0.15, -0.1) is 0 Å². The minimum Gasteiger partial charge on any atom is -0.337 e. The molecular formula is C12H16N2O3S. The number of hydrogen-bond acceptors (Lipinski definition) is 3. The van der Waals surface area contributed by atoms with Gasteiger partial charge in [-0.3, -0.25) is 9.00 Å². The van der Waals surface area contributed by atoms with E-state index in [0.29, 0.717) is 23.5 Å². The van der Waals surface area contributed by atoms with Gasteiger partial charge in [0.05, 0.1) is 0 Å². The van der Waals surface area contributed by atoms with Crippen molar-refractivity contribution in [2.75, 3.05) is 23.9 Å². The van der Waals surface area contributed by atoms with Crippen LogP contribution in [0.3, 0.4) is 0 Å². The van der Waals surface area contributed by atoms with Gasteiger partial charge >= 0.3 is 6.03 Å². The van der Waals surface area contributed by atoms with Crippen molar-refractivity contribution in [1.29, 1.82) is 0 Å². The molecule has 2 amide bonds. The number of carbonyl (C=O) groups is 2. The molecule has 1 atom stereocenters. The summed E-state index contributed by atoms with van der Waals surface area (Å²) in [5, 5.41) is 5.21. The lowest BCUT2D eigenvalue weighted by molar-refractivity contribution is 0.101. The lowest BCUT2D eigenvalue weighted by atomic mass is 10.1. The van der Waals surface area contributed by atoms with E-state index in [-0.39, 0.29) is 11.8 Å². The normalized spacial score (nSPS) is 11.7. The van der Waals surface area contributed by atoms with Crippen LogP contribution < -0.4 is 10.6 Å². The highest BCUT2D eigenvalue weighted by atomic mass is 32.2. The van der Waals surface area contributed by atoms with Crippen molar-refractivity contribution in [3.63, 3.8) is 0 Å². The third kappa shape index (κ3) is 5.09. The average molecular weight is 268 g/mol. The van der Waals surface area contributed by atoms with Gasteiger partial charge in [-0.1, -0.05) is 0 Å². The van der Waals surface area contributed by atoms with Gasteiger partial charge in [0.25, 0.3) is 0 Å². The van der Waals surface area contributed by atoms with E-state index in [2.05, 4.69) is 10.6 Å². The molecule has 1 rings (SSSR count). The van der Waals surface area contributed by atoms with E-state index in [4.69, 9.17) is 0 Å². The molecular weight excluding hydrogens is 252 g/mol. The minimum atomic E-state index is -0.917. The highest BCUT2D eigenvalue weighted by Gasteiger charge is 2.03. The zero-order valence-corrected chi connectivity index (χ0v) is 11.2. The van der Waals surface area contributed by atoms with E-state index in [1.165, 1.54) is 6.92 Å². The van der Waals surface area contributed by atoms with Gasteiger partial charge in [0.15, 0.2) is 5.78 Å². The van der Waals surface area contributed by atoms with Crippen molar-refractivity contribution < 1.29 is 13.8 Å². The van der Waals surface area contributed by atoms with Crippen LogP contribution in [0.5, 0.6) is 0 Å². The summed E-state index contributed by atoms with van der Waals surface area (Å²) in [5.74, 6) is 0.410. The minimum absolute atomic E-state index is 0.0172. The van der Waals surface area contributed by atoms with E-state index in [1.807, 2.05) is 0 Å². The molecule has 6 heteroatoms. The number of urea groups is 1. The van der Waals surface area contributed by atoms with Crippen molar-refractivity contribution in [3.05, 3.63) is 29.8 Å². The summed E-state index contributed by atoms with van der Waals surface area (Å²) in [4.78, 5) is 22.5. The Morgan fingerprint density at radius 3 is 2.33 bits per heavy atom. The fourth-order valence-electron chi connectivity index (χ4n) is 1.27. The summed E-state index contributed by atoms with van der Waals surface area (Å²) < 4.78 is 10.8. The number of nitrogens with one attached hydrogen (secondary N) is 2. The number of anilines is 1. The molecule has 0 radical (unpaired) electrons. The van der Waals surface area contributed by atoms with E-state index in [0.717, 1.165) is 0 Å². The molecule has 0 saturated carbocycles. The molecule has 0 heterocycles. The second-order valence-electron chi connectivity index (χ2n) is 3.79. The Morgan fingerprint density at radius 2 is 1.83 bits per heavy atom. The Hall–Kier alpha value is -1.69. The largest absolute Gasteiger partial charge is 0.337 e. The molecule has 1 aromatic carbocycles. The maximum absolute atomic E-state index is 11.4. The monoisotopic (exact) mass is 268 g/mol. The summed E-state index contributed by atoms with van der Waals surface area (Å²) >= 11 is 0. The molecule has 0 spiro atoms. The van der Waals surface area contributed by atoms with E-state index in [9.17, 15) is 13.8 Å². The van der Waals surface area contributed by atoms with Crippen LogP contribution in [0.15, 0.2) is 24.3 Å². The highest BCUT2D eigenvalue weighted by molar-refractivity contribution is 7.84. The first-order chi connectivity index (χ1) is 8.49. The second kappa shape index (κ2) is 6.90. The molecule has 98 valence electrons. The highest BCUT2D eigenvalue weighted by Crippen LogP contribution is 2.09. The number of Topliss-reactive ketones (excluding diaryl/α,β-unsaturated/α-hetero) is 1. The molecule has 18 heavy (non-hydrogen) atoms. The van der Waals surface area contributed by atoms with Gasteiger partial charge in [-0.25, -0.2) is 4.79 Å². The first-order valence-corrected chi connectivity index (χ1v) is 7.17. The van der Waals surface area contributed by atoms with Crippen LogP contribution in [0.25, 0.3) is 0 Å². The van der Waals surface area contributed by atoms with Gasteiger partial charge in [0, 0.05) is 40.6 Å². The third-order valence-electron chi connectivity index (χ3n) is 2.22. The number of benzene rings is 1. The number of carbonyl (C=O) groups excluding carboxylic acids is 2. The topological polar surface area (TPSA) is 75.3 Å². The molecule has 1 aromatic rings. The van der Waals surface area contributed by atoms with Crippen LogP contribution in [-0.4, -0.2) is 34.6 Å². The first-order valence-electron chi connectivity index (χ1n) is 5.45. The molecule has 0 bridgehead atoms. The van der Waals surface area contributed by atoms with Gasteiger partial charge in [0.1, 0.15) is 0 Å². The van der Waals surface area contributed by atoms with E-state index >= 15 is 0 Å². The summed E-state index contributed by atoms with van der Waals surface area (Å²) in [5.41, 5.74) is 1.21. The van der Waals surface area contributed by atoms with E-state index in [1.54, 1.807) is 30.5 Å². The Labute approximate surface area is 108 Å². The van der Waals surface area contributed by atoms with Crippen molar-refractivity contribution >= 4 is 28.3 Å². The van der Waals surface area contributed by atoms with Gasteiger partial charge in [-0.05, 0) is 31.2 Å². The molecule has 5 nitrogen and oxygen atoms in total. The SMILES string of the molecule is CC(=O)c1ccc(NC(=O)NCCS(C)=O)cc1. The Morgan fingerprint density at radius 1 is 1.22 bits per heavy atom. The quantitative estimate of drug-likeness (QED) is 0.792. The fraction of sp³-hybridized carbons (Fsp3) is 0.333. The van der Waals surface area contributed by atoms with Crippen molar-refractivity contribution in [3.8, 4) is 0 Å². The Bertz CT molecular complexity index is 457. The van der Waals surface area contributed by atoms with Crippen molar-refractivity contribution in [2.24, 2.45) is 0 Å². The molecule has 0 fully saturated rings. The smallest absolute Gasteiger partial charge is 0.319 e. The molecule has 0 aliphatic carbocycles. The van der Waals surface area contributed by atoms with Crippen LogP contribution in [0, 0.1) is 0 Å². The van der Waals surface area contributed by atoms with Crippen LogP contribution >= 0.6 is 0 Å². The van der Waals surface area contributed by atoms with Crippen LogP contribution in [0.2, 0.25) is 0 Å². The van der Waals surface area contributed by atoms with Crippen LogP contribution in [0.4, 0.5) is 10.5 Å². The fourth-order valence-corrected chi connectivity index (χ4v) is 1.66. The second-order valence-corrected chi connectivity index (χ2v) is 5.35. The summed E-state index contributed by atoms with van der Waals surface area (Å²) in [6.45, 7) is 1.85. The van der Waals surface area contributed by atoms with E-state index < -0.39 is 10.8 Å². The molecule has 1 unspecified atom stereocenters. The lowest BCUT2D eigenvalue weighted by Gasteiger charge is -2.07. The van der Waals surface area contributed by atoms with Crippen LogP contribution in [0.1, 0.15) is 17.3 Å². The average Bonchev–Trinajstić information content (AvgIpc) is 2.29. The number of rotatable bonds is 5. The van der Waals surface area contributed by atoms with Crippen molar-refractivity contribution in [1.82, 2.24) is 5.32 Å². The van der Waals surface area contributed by atoms with Gasteiger partial charge < -0.3 is 10.6 Å². The van der Waals surface area contributed by atoms with Crippen LogP contribution in [-0.2, 0) is 10.8 Å². The molecule has 0 aliphatic rings. The zero-order chi connectivity index (χ0) is 13.5. The predicted molar refractivity (Wildman–Crippen MR) is 72.4 cm³/mol. The molecule has 0 aromatic heterocycles. The predicted octanol–water partition coefficient (Wildman–Crippen LogP) is 1.39. The summed E-state index contributed by atoms with van der Waals surface area (Å²) in [6, 6.07) is 6.27. The standard InChI is InChI=1S/C12H16N2O3S/c1-9(15)10-3-5-11(6-4-10)14-12(16)13-7-8-18(2)17/h3-6H,7-8H2,1-2H3,(H2,13,14,16).